The van der Waals surface area contributed by atoms with Gasteiger partial charge in [-0.2, -0.15) is 0 Å². The highest BCUT2D eigenvalue weighted by Gasteiger charge is 2.24. The van der Waals surface area contributed by atoms with Crippen LogP contribution in [0.5, 0.6) is 0 Å². The molecular formula is C28H31FO2S. The Kier molecular flexibility index (Phi) is 7.56. The van der Waals surface area contributed by atoms with E-state index in [-0.39, 0.29) is 24.6 Å². The van der Waals surface area contributed by atoms with Crippen molar-refractivity contribution >= 4 is 11.3 Å². The first-order valence-electron chi connectivity index (χ1n) is 11.4. The molecular weight excluding hydrogens is 419 g/mol. The van der Waals surface area contributed by atoms with E-state index in [0.717, 1.165) is 42.5 Å². The number of aliphatic hydroxyl groups excluding tert-OH is 1. The summed E-state index contributed by atoms with van der Waals surface area (Å²) in [6.45, 7) is 6.13. The first-order chi connectivity index (χ1) is 15.6. The summed E-state index contributed by atoms with van der Waals surface area (Å²) in [5.41, 5.74) is 4.80. The fourth-order valence-electron chi connectivity index (χ4n) is 4.47. The maximum atomic E-state index is 13.2. The zero-order valence-corrected chi connectivity index (χ0v) is 19.4. The molecule has 1 saturated heterocycles. The molecule has 0 bridgehead atoms. The molecule has 0 unspecified atom stereocenters. The normalized spacial score (nSPS) is 21.7. The van der Waals surface area contributed by atoms with Gasteiger partial charge in [0.1, 0.15) is 5.82 Å². The van der Waals surface area contributed by atoms with E-state index < -0.39 is 0 Å². The summed E-state index contributed by atoms with van der Waals surface area (Å²) < 4.78 is 19.6. The molecule has 1 aliphatic rings. The van der Waals surface area contributed by atoms with Gasteiger partial charge in [-0.15, -0.1) is 17.9 Å². The SMILES string of the molecule is C=C[C@@H]1CCC[C@H](c2ccc(C)c(Cc3ccc(-c4ccc(F)cc4)s3)c2)O[C@H](CO)C1. The number of hydrogen-bond acceptors (Lipinski definition) is 3. The standard InChI is InChI=1S/C28H31FO2S/c1-3-20-5-4-6-27(31-25(15-20)18-30)22-8-7-19(2)23(16-22)17-26-13-14-28(32-26)21-9-11-24(29)12-10-21/h3,7-14,16,20,25,27,30H,1,4-6,15,17-18H2,2H3/t20-,25+,27-/m1/s1. The van der Waals surface area contributed by atoms with Crippen molar-refractivity contribution in [3.8, 4) is 10.4 Å². The summed E-state index contributed by atoms with van der Waals surface area (Å²) in [6.07, 6.45) is 6.69. The second kappa shape index (κ2) is 10.6. The summed E-state index contributed by atoms with van der Waals surface area (Å²) >= 11 is 1.75. The molecule has 3 atom stereocenters. The average Bonchev–Trinajstić information content (AvgIpc) is 3.25. The highest BCUT2D eigenvalue weighted by molar-refractivity contribution is 7.15. The predicted octanol–water partition coefficient (Wildman–Crippen LogP) is 7.25. The van der Waals surface area contributed by atoms with Gasteiger partial charge in [0.2, 0.25) is 0 Å². The summed E-state index contributed by atoms with van der Waals surface area (Å²) in [6, 6.07) is 17.6. The van der Waals surface area contributed by atoms with Crippen LogP contribution in [0.4, 0.5) is 4.39 Å². The van der Waals surface area contributed by atoms with Gasteiger partial charge in [-0.3, -0.25) is 0 Å². The second-order valence-corrected chi connectivity index (χ2v) is 9.90. The van der Waals surface area contributed by atoms with Gasteiger partial charge in [0.05, 0.1) is 18.8 Å². The number of thiophene rings is 1. The lowest BCUT2D eigenvalue weighted by Crippen LogP contribution is -2.26. The van der Waals surface area contributed by atoms with E-state index >= 15 is 0 Å². The van der Waals surface area contributed by atoms with Crippen molar-refractivity contribution in [3.63, 3.8) is 0 Å². The minimum atomic E-state index is -0.210. The molecule has 2 aromatic carbocycles. The Bertz CT molecular complexity index is 1040. The Morgan fingerprint density at radius 2 is 1.94 bits per heavy atom. The van der Waals surface area contributed by atoms with Gasteiger partial charge in [0, 0.05) is 16.2 Å². The minimum Gasteiger partial charge on any atom is -0.394 e. The molecule has 4 heteroatoms. The number of ether oxygens (including phenoxy) is 1. The molecule has 0 spiro atoms. The highest BCUT2D eigenvalue weighted by Crippen LogP contribution is 2.34. The van der Waals surface area contributed by atoms with Crippen LogP contribution in [0.3, 0.4) is 0 Å². The van der Waals surface area contributed by atoms with Gasteiger partial charge < -0.3 is 9.84 Å². The van der Waals surface area contributed by atoms with Gasteiger partial charge in [0.15, 0.2) is 0 Å². The lowest BCUT2D eigenvalue weighted by Gasteiger charge is -2.30. The maximum absolute atomic E-state index is 13.2. The molecule has 1 aromatic heterocycles. The van der Waals surface area contributed by atoms with E-state index in [4.69, 9.17) is 4.74 Å². The van der Waals surface area contributed by atoms with E-state index in [0.29, 0.717) is 5.92 Å². The minimum absolute atomic E-state index is 0.00961. The summed E-state index contributed by atoms with van der Waals surface area (Å²) in [5.74, 6) is 0.202. The molecule has 0 saturated carbocycles. The van der Waals surface area contributed by atoms with E-state index in [1.54, 1.807) is 11.3 Å². The first-order valence-corrected chi connectivity index (χ1v) is 12.2. The highest BCUT2D eigenvalue weighted by atomic mass is 32.1. The van der Waals surface area contributed by atoms with Gasteiger partial charge in [0.25, 0.3) is 0 Å². The van der Waals surface area contributed by atoms with Gasteiger partial charge in [-0.05, 0) is 85.0 Å². The molecule has 168 valence electrons. The van der Waals surface area contributed by atoms with Crippen molar-refractivity contribution in [3.05, 3.63) is 94.6 Å². The molecule has 2 heterocycles. The van der Waals surface area contributed by atoms with Crippen LogP contribution in [0, 0.1) is 18.7 Å². The summed E-state index contributed by atoms with van der Waals surface area (Å²) in [4.78, 5) is 2.44. The first kappa shape index (κ1) is 22.9. The Hall–Kier alpha value is -2.27. The number of rotatable bonds is 6. The third-order valence-corrected chi connectivity index (χ3v) is 7.53. The molecule has 32 heavy (non-hydrogen) atoms. The number of halogens is 1. The zero-order valence-electron chi connectivity index (χ0n) is 18.6. The Morgan fingerprint density at radius 1 is 1.12 bits per heavy atom. The molecule has 1 aliphatic heterocycles. The molecule has 0 radical (unpaired) electrons. The zero-order chi connectivity index (χ0) is 22.5. The van der Waals surface area contributed by atoms with E-state index in [1.165, 1.54) is 33.7 Å². The lowest BCUT2D eigenvalue weighted by molar-refractivity contribution is -0.0611. The van der Waals surface area contributed by atoms with Gasteiger partial charge >= 0.3 is 0 Å². The Morgan fingerprint density at radius 3 is 2.69 bits per heavy atom. The molecule has 3 aromatic rings. The van der Waals surface area contributed by atoms with E-state index in [2.05, 4.69) is 43.8 Å². The van der Waals surface area contributed by atoms with Crippen LogP contribution in [0.25, 0.3) is 10.4 Å². The number of aliphatic hydroxyl groups is 1. The quantitative estimate of drug-likeness (QED) is 0.401. The van der Waals surface area contributed by atoms with Crippen molar-refractivity contribution in [2.24, 2.45) is 5.92 Å². The van der Waals surface area contributed by atoms with Gasteiger partial charge in [-0.25, -0.2) is 4.39 Å². The summed E-state index contributed by atoms with van der Waals surface area (Å²) in [7, 11) is 0. The van der Waals surface area contributed by atoms with Crippen molar-refractivity contribution in [1.82, 2.24) is 0 Å². The number of allylic oxidation sites excluding steroid dienone is 1. The average molecular weight is 451 g/mol. The van der Waals surface area contributed by atoms with E-state index in [1.807, 2.05) is 18.2 Å². The maximum Gasteiger partial charge on any atom is 0.123 e. The number of benzene rings is 2. The number of aryl methyl sites for hydroxylation is 1. The van der Waals surface area contributed by atoms with Crippen LogP contribution < -0.4 is 0 Å². The number of hydrogen-bond donors (Lipinski definition) is 1. The monoisotopic (exact) mass is 450 g/mol. The van der Waals surface area contributed by atoms with Crippen LogP contribution in [-0.4, -0.2) is 17.8 Å². The van der Waals surface area contributed by atoms with E-state index in [9.17, 15) is 9.50 Å². The molecule has 4 rings (SSSR count). The molecule has 1 fully saturated rings. The van der Waals surface area contributed by atoms with Crippen LogP contribution in [0.1, 0.15) is 53.4 Å². The molecule has 0 aliphatic carbocycles. The topological polar surface area (TPSA) is 29.5 Å². The lowest BCUT2D eigenvalue weighted by atomic mass is 9.90. The van der Waals surface area contributed by atoms with Crippen molar-refractivity contribution in [2.45, 2.75) is 51.2 Å². The van der Waals surface area contributed by atoms with Crippen LogP contribution >= 0.6 is 11.3 Å². The van der Waals surface area contributed by atoms with Gasteiger partial charge in [-0.1, -0.05) is 36.4 Å². The van der Waals surface area contributed by atoms with Crippen LogP contribution in [0.2, 0.25) is 0 Å². The van der Waals surface area contributed by atoms with Crippen molar-refractivity contribution < 1.29 is 14.2 Å². The summed E-state index contributed by atoms with van der Waals surface area (Å²) in [5, 5.41) is 9.81. The largest absolute Gasteiger partial charge is 0.394 e. The van der Waals surface area contributed by atoms with Crippen LogP contribution in [-0.2, 0) is 11.2 Å². The Balaban J connectivity index is 1.51. The molecule has 2 nitrogen and oxygen atoms in total. The second-order valence-electron chi connectivity index (χ2n) is 8.73. The Labute approximate surface area is 194 Å². The molecule has 1 N–H and O–H groups in total. The molecule has 0 amide bonds. The predicted molar refractivity (Wildman–Crippen MR) is 131 cm³/mol. The fraction of sp³-hybridized carbons (Fsp3) is 0.357. The third kappa shape index (κ3) is 5.55. The van der Waals surface area contributed by atoms with Crippen molar-refractivity contribution in [2.75, 3.05) is 6.61 Å². The van der Waals surface area contributed by atoms with Crippen LogP contribution in [0.15, 0.2) is 67.3 Å². The smallest absolute Gasteiger partial charge is 0.123 e. The fourth-order valence-corrected chi connectivity index (χ4v) is 5.50. The third-order valence-electron chi connectivity index (χ3n) is 6.40. The van der Waals surface area contributed by atoms with Crippen molar-refractivity contribution in [1.29, 1.82) is 0 Å².